The molecular weight excluding hydrogens is 396 g/mol. The molecule has 2 aromatic carbocycles. The molecule has 0 unspecified atom stereocenters. The van der Waals surface area contributed by atoms with Gasteiger partial charge in [-0.1, -0.05) is 24.3 Å². The van der Waals surface area contributed by atoms with Crippen LogP contribution in [0.3, 0.4) is 0 Å². The van der Waals surface area contributed by atoms with Crippen LogP contribution in [-0.2, 0) is 16.1 Å². The molecule has 0 saturated carbocycles. The Morgan fingerprint density at radius 1 is 1.14 bits per heavy atom. The number of imide groups is 1. The number of nitrogens with one attached hydrogen (secondary N) is 1. The number of esters is 1. The predicted octanol–water partition coefficient (Wildman–Crippen LogP) is 1.86. The van der Waals surface area contributed by atoms with Crippen molar-refractivity contribution >= 4 is 40.5 Å². The molecule has 29 heavy (non-hydrogen) atoms. The van der Waals surface area contributed by atoms with E-state index in [2.05, 4.69) is 5.32 Å². The number of carbonyl (C=O) groups excluding carboxylic acids is 4. The quantitative estimate of drug-likeness (QED) is 0.684. The SMILES string of the molecule is CCOC(=O)c1ccc(CN2C(=O)S[C@@H](Nc3cccc(C(=O)[O-])c3)C2=O)cc1. The Morgan fingerprint density at radius 3 is 2.52 bits per heavy atom. The Morgan fingerprint density at radius 2 is 1.86 bits per heavy atom. The van der Waals surface area contributed by atoms with Gasteiger partial charge in [0, 0.05) is 5.69 Å². The Hall–Kier alpha value is -3.33. The van der Waals surface area contributed by atoms with Crippen molar-refractivity contribution in [2.24, 2.45) is 0 Å². The zero-order valence-corrected chi connectivity index (χ0v) is 16.2. The summed E-state index contributed by atoms with van der Waals surface area (Å²) in [5.41, 5.74) is 1.43. The fourth-order valence-electron chi connectivity index (χ4n) is 2.71. The number of ether oxygens (including phenoxy) is 1. The lowest BCUT2D eigenvalue weighted by atomic mass is 10.1. The third-order valence-corrected chi connectivity index (χ3v) is 5.11. The summed E-state index contributed by atoms with van der Waals surface area (Å²) in [6.07, 6.45) is 0. The van der Waals surface area contributed by atoms with Crippen LogP contribution in [0.1, 0.15) is 33.2 Å². The number of benzene rings is 2. The molecule has 0 radical (unpaired) electrons. The molecule has 150 valence electrons. The van der Waals surface area contributed by atoms with Crippen LogP contribution in [0.2, 0.25) is 0 Å². The van der Waals surface area contributed by atoms with E-state index in [4.69, 9.17) is 4.74 Å². The van der Waals surface area contributed by atoms with E-state index in [9.17, 15) is 24.3 Å². The number of hydrogen-bond acceptors (Lipinski definition) is 8. The largest absolute Gasteiger partial charge is 0.545 e. The molecule has 2 amide bonds. The lowest BCUT2D eigenvalue weighted by Gasteiger charge is -2.15. The highest BCUT2D eigenvalue weighted by molar-refractivity contribution is 8.15. The molecule has 1 N–H and O–H groups in total. The van der Waals surface area contributed by atoms with Gasteiger partial charge in [0.15, 0.2) is 5.37 Å². The summed E-state index contributed by atoms with van der Waals surface area (Å²) >= 11 is 0.814. The van der Waals surface area contributed by atoms with Crippen LogP contribution in [-0.4, -0.2) is 40.0 Å². The van der Waals surface area contributed by atoms with Gasteiger partial charge < -0.3 is 20.0 Å². The topological polar surface area (TPSA) is 116 Å². The molecule has 1 atom stereocenters. The number of carboxylic acid groups (broad SMARTS) is 1. The highest BCUT2D eigenvalue weighted by atomic mass is 32.2. The summed E-state index contributed by atoms with van der Waals surface area (Å²) < 4.78 is 4.92. The molecular formula is C20H17N2O6S-. The minimum atomic E-state index is -1.33. The second kappa shape index (κ2) is 8.78. The first-order valence-electron chi connectivity index (χ1n) is 8.75. The number of carbonyl (C=O) groups is 4. The molecule has 1 aliphatic heterocycles. The van der Waals surface area contributed by atoms with Crippen LogP contribution in [0.4, 0.5) is 10.5 Å². The monoisotopic (exact) mass is 413 g/mol. The van der Waals surface area contributed by atoms with Crippen LogP contribution in [0.5, 0.6) is 0 Å². The molecule has 0 spiro atoms. The van der Waals surface area contributed by atoms with E-state index in [1.54, 1.807) is 37.3 Å². The molecule has 0 aliphatic carbocycles. The van der Waals surface area contributed by atoms with E-state index >= 15 is 0 Å². The number of anilines is 1. The zero-order valence-electron chi connectivity index (χ0n) is 15.4. The van der Waals surface area contributed by atoms with E-state index in [1.165, 1.54) is 18.2 Å². The molecule has 1 saturated heterocycles. The number of carboxylic acids is 1. The van der Waals surface area contributed by atoms with Gasteiger partial charge in [-0.2, -0.15) is 0 Å². The zero-order chi connectivity index (χ0) is 21.0. The van der Waals surface area contributed by atoms with Gasteiger partial charge >= 0.3 is 5.97 Å². The van der Waals surface area contributed by atoms with Crippen LogP contribution in [0, 0.1) is 0 Å². The van der Waals surface area contributed by atoms with Crippen molar-refractivity contribution in [1.29, 1.82) is 0 Å². The predicted molar refractivity (Wildman–Crippen MR) is 104 cm³/mol. The normalized spacial score (nSPS) is 16.0. The fraction of sp³-hybridized carbons (Fsp3) is 0.200. The van der Waals surface area contributed by atoms with Crippen molar-refractivity contribution in [2.45, 2.75) is 18.8 Å². The number of amides is 2. The average Bonchev–Trinajstić information content (AvgIpc) is 2.96. The second-order valence-electron chi connectivity index (χ2n) is 6.12. The van der Waals surface area contributed by atoms with Gasteiger partial charge in [0.05, 0.1) is 24.7 Å². The lowest BCUT2D eigenvalue weighted by Crippen LogP contribution is -2.34. The maximum Gasteiger partial charge on any atom is 0.338 e. The lowest BCUT2D eigenvalue weighted by molar-refractivity contribution is -0.255. The Bertz CT molecular complexity index is 960. The van der Waals surface area contributed by atoms with Gasteiger partial charge in [-0.15, -0.1) is 0 Å². The van der Waals surface area contributed by atoms with Gasteiger partial charge in [0.25, 0.3) is 11.1 Å². The smallest absolute Gasteiger partial charge is 0.338 e. The first-order valence-corrected chi connectivity index (χ1v) is 9.63. The summed E-state index contributed by atoms with van der Waals surface area (Å²) in [5.74, 6) is -2.21. The highest BCUT2D eigenvalue weighted by Crippen LogP contribution is 2.29. The minimum Gasteiger partial charge on any atom is -0.545 e. The molecule has 9 heteroatoms. The van der Waals surface area contributed by atoms with E-state index in [-0.39, 0.29) is 18.7 Å². The van der Waals surface area contributed by atoms with Gasteiger partial charge in [-0.3, -0.25) is 14.5 Å². The minimum absolute atomic E-state index is 0.0321. The maximum absolute atomic E-state index is 12.6. The number of thioether (sulfide) groups is 1. The number of hydrogen-bond donors (Lipinski definition) is 1. The van der Waals surface area contributed by atoms with Crippen molar-refractivity contribution in [1.82, 2.24) is 4.90 Å². The van der Waals surface area contributed by atoms with Crippen LogP contribution in [0.25, 0.3) is 0 Å². The van der Waals surface area contributed by atoms with E-state index < -0.39 is 28.5 Å². The number of nitrogens with zero attached hydrogens (tertiary/aromatic N) is 1. The fourth-order valence-corrected chi connectivity index (χ4v) is 3.62. The molecule has 2 aromatic rings. The van der Waals surface area contributed by atoms with Crippen molar-refractivity contribution in [3.63, 3.8) is 0 Å². The average molecular weight is 413 g/mol. The van der Waals surface area contributed by atoms with Gasteiger partial charge in [-0.05, 0) is 54.1 Å². The Balaban J connectivity index is 1.67. The Kier molecular flexibility index (Phi) is 6.18. The first kappa shape index (κ1) is 20.4. The number of rotatable bonds is 7. The van der Waals surface area contributed by atoms with Crippen LogP contribution < -0.4 is 10.4 Å². The highest BCUT2D eigenvalue weighted by Gasteiger charge is 2.39. The molecule has 0 bridgehead atoms. The third-order valence-electron chi connectivity index (χ3n) is 4.13. The number of aromatic carboxylic acids is 1. The maximum atomic E-state index is 12.6. The van der Waals surface area contributed by atoms with Crippen LogP contribution in [0.15, 0.2) is 48.5 Å². The van der Waals surface area contributed by atoms with Crippen molar-refractivity contribution in [2.75, 3.05) is 11.9 Å². The molecule has 8 nitrogen and oxygen atoms in total. The summed E-state index contributed by atoms with van der Waals surface area (Å²) in [7, 11) is 0. The van der Waals surface area contributed by atoms with Gasteiger partial charge in [-0.25, -0.2) is 4.79 Å². The van der Waals surface area contributed by atoms with Gasteiger partial charge in [0.2, 0.25) is 0 Å². The second-order valence-corrected chi connectivity index (χ2v) is 7.17. The van der Waals surface area contributed by atoms with Crippen molar-refractivity contribution in [3.05, 3.63) is 65.2 Å². The summed E-state index contributed by atoms with van der Waals surface area (Å²) in [5, 5.41) is 12.5. The first-order chi connectivity index (χ1) is 13.9. The van der Waals surface area contributed by atoms with Crippen molar-refractivity contribution < 1.29 is 29.0 Å². The van der Waals surface area contributed by atoms with E-state index in [0.29, 0.717) is 16.8 Å². The molecule has 1 heterocycles. The molecule has 0 aromatic heterocycles. The molecule has 1 aliphatic rings. The standard InChI is InChI=1S/C20H18N2O6S/c1-2-28-19(26)13-8-6-12(7-9-13)11-22-17(23)16(29-20(22)27)21-15-5-3-4-14(10-15)18(24)25/h3-10,16,21H,2,11H2,1H3,(H,24,25)/p-1/t16-/m1/s1. The third kappa shape index (κ3) is 4.75. The van der Waals surface area contributed by atoms with Crippen molar-refractivity contribution in [3.8, 4) is 0 Å². The molecule has 1 fully saturated rings. The summed E-state index contributed by atoms with van der Waals surface area (Å²) in [4.78, 5) is 48.7. The molecule has 3 rings (SSSR count). The summed E-state index contributed by atoms with van der Waals surface area (Å²) in [6.45, 7) is 2.05. The van der Waals surface area contributed by atoms with E-state index in [0.717, 1.165) is 16.7 Å². The van der Waals surface area contributed by atoms with Crippen LogP contribution >= 0.6 is 11.8 Å². The Labute approximate surface area is 170 Å². The van der Waals surface area contributed by atoms with Gasteiger partial charge in [0.1, 0.15) is 0 Å². The summed E-state index contributed by atoms with van der Waals surface area (Å²) in [6, 6.07) is 12.3. The van der Waals surface area contributed by atoms with E-state index in [1.807, 2.05) is 0 Å².